The van der Waals surface area contributed by atoms with Gasteiger partial charge < -0.3 is 10.6 Å². The van der Waals surface area contributed by atoms with Gasteiger partial charge in [0.05, 0.1) is 0 Å². The van der Waals surface area contributed by atoms with Crippen LogP contribution >= 0.6 is 0 Å². The van der Waals surface area contributed by atoms with E-state index in [1.165, 1.54) is 16.7 Å². The maximum atomic E-state index is 12.0. The molecule has 1 aliphatic carbocycles. The van der Waals surface area contributed by atoms with E-state index in [1.807, 2.05) is 12.1 Å². The van der Waals surface area contributed by atoms with Gasteiger partial charge in [-0.25, -0.2) is 4.79 Å². The molecule has 2 aromatic carbocycles. The van der Waals surface area contributed by atoms with Crippen molar-refractivity contribution >= 4 is 6.03 Å². The summed E-state index contributed by atoms with van der Waals surface area (Å²) in [4.78, 5) is 12.0. The molecule has 0 spiro atoms. The van der Waals surface area contributed by atoms with Crippen molar-refractivity contribution in [1.82, 2.24) is 10.6 Å². The van der Waals surface area contributed by atoms with E-state index in [0.717, 1.165) is 18.4 Å². The molecule has 2 amide bonds. The number of benzene rings is 2. The zero-order chi connectivity index (χ0) is 16.3. The van der Waals surface area contributed by atoms with Crippen molar-refractivity contribution in [2.45, 2.75) is 38.6 Å². The number of aryl methyl sites for hydroxylation is 2. The Kier molecular flexibility index (Phi) is 4.37. The average Bonchev–Trinajstić information content (AvgIpc) is 3.34. The minimum atomic E-state index is -0.0936. The van der Waals surface area contributed by atoms with E-state index in [-0.39, 0.29) is 11.4 Å². The van der Waals surface area contributed by atoms with Crippen LogP contribution in [0.4, 0.5) is 4.79 Å². The number of carbonyl (C=O) groups excluding carboxylic acids is 1. The van der Waals surface area contributed by atoms with Gasteiger partial charge in [0, 0.05) is 18.5 Å². The van der Waals surface area contributed by atoms with Gasteiger partial charge in [0.25, 0.3) is 0 Å². The van der Waals surface area contributed by atoms with Gasteiger partial charge in [-0.1, -0.05) is 59.7 Å². The third-order valence-electron chi connectivity index (χ3n) is 4.68. The molecule has 0 bridgehead atoms. The van der Waals surface area contributed by atoms with E-state index in [4.69, 9.17) is 0 Å². The van der Waals surface area contributed by atoms with E-state index >= 15 is 0 Å². The van der Waals surface area contributed by atoms with E-state index < -0.39 is 0 Å². The minimum Gasteiger partial charge on any atom is -0.337 e. The fraction of sp³-hybridized carbons (Fsp3) is 0.350. The maximum Gasteiger partial charge on any atom is 0.315 e. The summed E-state index contributed by atoms with van der Waals surface area (Å²) >= 11 is 0. The Balaban J connectivity index is 1.49. The molecule has 3 rings (SSSR count). The second-order valence-electron chi connectivity index (χ2n) is 6.67. The summed E-state index contributed by atoms with van der Waals surface area (Å²) < 4.78 is 0. The molecule has 1 aliphatic rings. The third kappa shape index (κ3) is 3.92. The van der Waals surface area contributed by atoms with E-state index in [1.54, 1.807) is 0 Å². The molecular weight excluding hydrogens is 284 g/mol. The highest BCUT2D eigenvalue weighted by Crippen LogP contribution is 2.47. The van der Waals surface area contributed by atoms with Crippen LogP contribution in [0.2, 0.25) is 0 Å². The molecule has 0 saturated heterocycles. The first kappa shape index (κ1) is 15.6. The van der Waals surface area contributed by atoms with Crippen LogP contribution in [-0.4, -0.2) is 12.6 Å². The van der Waals surface area contributed by atoms with Crippen LogP contribution in [0.5, 0.6) is 0 Å². The monoisotopic (exact) mass is 308 g/mol. The molecule has 0 atom stereocenters. The van der Waals surface area contributed by atoms with E-state index in [2.05, 4.69) is 60.9 Å². The predicted octanol–water partition coefficient (Wildman–Crippen LogP) is 3.83. The lowest BCUT2D eigenvalue weighted by molar-refractivity contribution is 0.239. The van der Waals surface area contributed by atoms with Gasteiger partial charge in [-0.05, 0) is 37.8 Å². The van der Waals surface area contributed by atoms with Crippen LogP contribution in [0.1, 0.15) is 35.1 Å². The van der Waals surface area contributed by atoms with E-state index in [0.29, 0.717) is 13.1 Å². The molecule has 0 aromatic heterocycles. The number of nitrogens with one attached hydrogen (secondary N) is 2. The van der Waals surface area contributed by atoms with Crippen LogP contribution in [0.25, 0.3) is 0 Å². The first-order valence-corrected chi connectivity index (χ1v) is 8.22. The first-order valence-electron chi connectivity index (χ1n) is 8.22. The number of urea groups is 1. The molecule has 2 aromatic rings. The molecule has 23 heavy (non-hydrogen) atoms. The SMILES string of the molecule is Cc1ccc(CNC(=O)NCC2(c3ccc(C)cc3)CC2)cc1. The van der Waals surface area contributed by atoms with Gasteiger partial charge in [0.1, 0.15) is 0 Å². The van der Waals surface area contributed by atoms with Gasteiger partial charge in [-0.2, -0.15) is 0 Å². The number of hydrogen-bond donors (Lipinski definition) is 2. The lowest BCUT2D eigenvalue weighted by atomic mass is 9.95. The quantitative estimate of drug-likeness (QED) is 0.866. The Morgan fingerprint density at radius 1 is 0.913 bits per heavy atom. The van der Waals surface area contributed by atoms with Gasteiger partial charge >= 0.3 is 6.03 Å². The highest BCUT2D eigenvalue weighted by atomic mass is 16.2. The molecule has 3 nitrogen and oxygen atoms in total. The summed E-state index contributed by atoms with van der Waals surface area (Å²) in [6.45, 7) is 5.42. The van der Waals surface area contributed by atoms with Gasteiger partial charge in [0.2, 0.25) is 0 Å². The van der Waals surface area contributed by atoms with Crippen molar-refractivity contribution < 1.29 is 4.79 Å². The highest BCUT2D eigenvalue weighted by molar-refractivity contribution is 5.74. The number of rotatable bonds is 5. The molecule has 0 radical (unpaired) electrons. The van der Waals surface area contributed by atoms with Crippen molar-refractivity contribution in [2.75, 3.05) is 6.54 Å². The Labute approximate surface area is 138 Å². The van der Waals surface area contributed by atoms with Crippen LogP contribution in [0.15, 0.2) is 48.5 Å². The Morgan fingerprint density at radius 3 is 2.04 bits per heavy atom. The third-order valence-corrected chi connectivity index (χ3v) is 4.68. The lowest BCUT2D eigenvalue weighted by Gasteiger charge is -2.17. The van der Waals surface area contributed by atoms with Crippen LogP contribution in [0.3, 0.4) is 0 Å². The molecule has 1 fully saturated rings. The number of carbonyl (C=O) groups is 1. The molecular formula is C20H24N2O. The molecule has 0 unspecified atom stereocenters. The smallest absolute Gasteiger partial charge is 0.315 e. The topological polar surface area (TPSA) is 41.1 Å². The van der Waals surface area contributed by atoms with Gasteiger partial charge in [0.15, 0.2) is 0 Å². The van der Waals surface area contributed by atoms with Gasteiger partial charge in [-0.15, -0.1) is 0 Å². The average molecular weight is 308 g/mol. The second kappa shape index (κ2) is 6.45. The molecule has 3 heteroatoms. The fourth-order valence-electron chi connectivity index (χ4n) is 2.83. The molecule has 2 N–H and O–H groups in total. The predicted molar refractivity (Wildman–Crippen MR) is 93.5 cm³/mol. The standard InChI is InChI=1S/C20H24N2O/c1-15-3-7-17(8-4-15)13-21-19(23)22-14-20(11-12-20)18-9-5-16(2)6-10-18/h3-10H,11-14H2,1-2H3,(H2,21,22,23). The van der Waals surface area contributed by atoms with Gasteiger partial charge in [-0.3, -0.25) is 0 Å². The first-order chi connectivity index (χ1) is 11.1. The normalized spacial score (nSPS) is 15.0. The minimum absolute atomic E-state index is 0.0936. The van der Waals surface area contributed by atoms with E-state index in [9.17, 15) is 4.79 Å². The van der Waals surface area contributed by atoms with Crippen molar-refractivity contribution in [1.29, 1.82) is 0 Å². The largest absolute Gasteiger partial charge is 0.337 e. The summed E-state index contributed by atoms with van der Waals surface area (Å²) in [6.07, 6.45) is 2.29. The Hall–Kier alpha value is -2.29. The highest BCUT2D eigenvalue weighted by Gasteiger charge is 2.44. The van der Waals surface area contributed by atoms with Crippen LogP contribution in [-0.2, 0) is 12.0 Å². The van der Waals surface area contributed by atoms with Crippen LogP contribution < -0.4 is 10.6 Å². The number of amides is 2. The molecule has 0 heterocycles. The van der Waals surface area contributed by atoms with Crippen molar-refractivity contribution in [3.05, 3.63) is 70.8 Å². The molecule has 120 valence electrons. The summed E-state index contributed by atoms with van der Waals surface area (Å²) in [5.74, 6) is 0. The Morgan fingerprint density at radius 2 is 1.48 bits per heavy atom. The lowest BCUT2D eigenvalue weighted by Crippen LogP contribution is -2.39. The zero-order valence-electron chi connectivity index (χ0n) is 13.9. The van der Waals surface area contributed by atoms with Crippen molar-refractivity contribution in [3.63, 3.8) is 0 Å². The van der Waals surface area contributed by atoms with Crippen molar-refractivity contribution in [2.24, 2.45) is 0 Å². The Bertz CT molecular complexity index is 670. The fourth-order valence-corrected chi connectivity index (χ4v) is 2.83. The van der Waals surface area contributed by atoms with Crippen molar-refractivity contribution in [3.8, 4) is 0 Å². The molecule has 0 aliphatic heterocycles. The maximum absolute atomic E-state index is 12.0. The summed E-state index contributed by atoms with van der Waals surface area (Å²) in [6, 6.07) is 16.8. The summed E-state index contributed by atoms with van der Waals surface area (Å²) in [7, 11) is 0. The summed E-state index contributed by atoms with van der Waals surface area (Å²) in [5, 5.41) is 5.96. The second-order valence-corrected chi connectivity index (χ2v) is 6.67. The summed E-state index contributed by atoms with van der Waals surface area (Å²) in [5.41, 5.74) is 5.10. The van der Waals surface area contributed by atoms with Crippen LogP contribution in [0, 0.1) is 13.8 Å². The number of hydrogen-bond acceptors (Lipinski definition) is 1. The molecule has 1 saturated carbocycles. The zero-order valence-corrected chi connectivity index (χ0v) is 13.9.